The Labute approximate surface area is 223 Å². The Balaban J connectivity index is 1.32. The zero-order chi connectivity index (χ0) is 26.5. The SMILES string of the molecule is CC1CCCn2c1nc1c(NC(=O)c3ccc(NS(=O)(=O)CCO)cc3N3CCC4(CC3)CC4)cccc12. The smallest absolute Gasteiger partial charge is 0.257 e. The van der Waals surface area contributed by atoms with Crippen molar-refractivity contribution in [1.82, 2.24) is 9.55 Å². The first kappa shape index (κ1) is 25.2. The van der Waals surface area contributed by atoms with Crippen molar-refractivity contribution in [3.8, 4) is 0 Å². The topological polar surface area (TPSA) is 117 Å². The first-order valence-corrected chi connectivity index (χ1v) is 15.2. The summed E-state index contributed by atoms with van der Waals surface area (Å²) in [4.78, 5) is 20.8. The molecule has 202 valence electrons. The molecule has 10 heteroatoms. The van der Waals surface area contributed by atoms with E-state index in [1.165, 1.54) is 12.8 Å². The molecule has 1 saturated heterocycles. The number of aryl methyl sites for hydroxylation is 1. The number of nitrogens with zero attached hydrogens (tertiary/aromatic N) is 3. The van der Waals surface area contributed by atoms with Crippen LogP contribution in [-0.4, -0.2) is 54.4 Å². The highest BCUT2D eigenvalue weighted by molar-refractivity contribution is 7.92. The third kappa shape index (κ3) is 4.75. The Bertz CT molecular complexity index is 1480. The lowest BCUT2D eigenvalue weighted by Gasteiger charge is -2.35. The molecule has 1 unspecified atom stereocenters. The lowest BCUT2D eigenvalue weighted by molar-refractivity contribution is 0.102. The van der Waals surface area contributed by atoms with Crippen LogP contribution in [0.15, 0.2) is 36.4 Å². The first-order chi connectivity index (χ1) is 18.3. The fourth-order valence-electron chi connectivity index (χ4n) is 6.05. The van der Waals surface area contributed by atoms with Crippen LogP contribution in [0.25, 0.3) is 11.0 Å². The van der Waals surface area contributed by atoms with Gasteiger partial charge >= 0.3 is 0 Å². The molecule has 3 aliphatic rings. The Morgan fingerprint density at radius 2 is 1.92 bits per heavy atom. The number of sulfonamides is 1. The van der Waals surface area contributed by atoms with E-state index < -0.39 is 16.6 Å². The molecule has 1 amide bonds. The predicted molar refractivity (Wildman–Crippen MR) is 149 cm³/mol. The van der Waals surface area contributed by atoms with Gasteiger partial charge in [-0.2, -0.15) is 0 Å². The van der Waals surface area contributed by atoms with E-state index in [0.717, 1.165) is 62.2 Å². The van der Waals surface area contributed by atoms with Gasteiger partial charge in [-0.15, -0.1) is 0 Å². The van der Waals surface area contributed by atoms with E-state index in [2.05, 4.69) is 32.5 Å². The van der Waals surface area contributed by atoms with Crippen LogP contribution in [0, 0.1) is 5.41 Å². The van der Waals surface area contributed by atoms with Gasteiger partial charge in [-0.05, 0) is 74.3 Å². The third-order valence-corrected chi connectivity index (χ3v) is 9.78. The maximum absolute atomic E-state index is 13.7. The number of hydrogen-bond acceptors (Lipinski definition) is 6. The second-order valence-electron chi connectivity index (χ2n) is 11.2. The number of imidazole rings is 1. The molecule has 6 rings (SSSR count). The molecule has 2 aromatic carbocycles. The molecule has 2 fully saturated rings. The monoisotopic (exact) mass is 537 g/mol. The molecule has 38 heavy (non-hydrogen) atoms. The van der Waals surface area contributed by atoms with Gasteiger partial charge in [-0.25, -0.2) is 13.4 Å². The van der Waals surface area contributed by atoms with Crippen LogP contribution in [0.3, 0.4) is 0 Å². The molecule has 1 spiro atoms. The first-order valence-electron chi connectivity index (χ1n) is 13.6. The number of aliphatic hydroxyl groups is 1. The van der Waals surface area contributed by atoms with Crippen molar-refractivity contribution in [2.75, 3.05) is 40.4 Å². The lowest BCUT2D eigenvalue weighted by atomic mass is 9.93. The van der Waals surface area contributed by atoms with Crippen molar-refractivity contribution in [3.05, 3.63) is 47.8 Å². The molecular formula is C28H35N5O4S. The molecule has 2 aliphatic heterocycles. The summed E-state index contributed by atoms with van der Waals surface area (Å²) in [6, 6.07) is 10.9. The molecule has 3 heterocycles. The summed E-state index contributed by atoms with van der Waals surface area (Å²) in [6.07, 6.45) is 6.92. The van der Waals surface area contributed by atoms with Crippen LogP contribution >= 0.6 is 0 Å². The highest BCUT2D eigenvalue weighted by atomic mass is 32.2. The van der Waals surface area contributed by atoms with Crippen LogP contribution in [0.1, 0.15) is 67.5 Å². The Morgan fingerprint density at radius 3 is 2.66 bits per heavy atom. The Morgan fingerprint density at radius 1 is 1.13 bits per heavy atom. The number of fused-ring (bicyclic) bond motifs is 3. The minimum atomic E-state index is -3.68. The largest absolute Gasteiger partial charge is 0.395 e. The third-order valence-electron chi connectivity index (χ3n) is 8.51. The fraction of sp³-hybridized carbons (Fsp3) is 0.500. The van der Waals surface area contributed by atoms with E-state index in [1.54, 1.807) is 18.2 Å². The number of aromatic nitrogens is 2. The van der Waals surface area contributed by atoms with E-state index in [4.69, 9.17) is 10.1 Å². The van der Waals surface area contributed by atoms with Gasteiger partial charge in [0, 0.05) is 25.6 Å². The summed E-state index contributed by atoms with van der Waals surface area (Å²) >= 11 is 0. The van der Waals surface area contributed by atoms with Crippen molar-refractivity contribution in [2.45, 2.75) is 57.9 Å². The second kappa shape index (κ2) is 9.57. The number of piperidine rings is 1. The minimum absolute atomic E-state index is 0.247. The molecule has 3 aromatic rings. The molecule has 1 saturated carbocycles. The van der Waals surface area contributed by atoms with Gasteiger partial charge < -0.3 is 19.9 Å². The number of benzene rings is 2. The van der Waals surface area contributed by atoms with E-state index >= 15 is 0 Å². The van der Waals surface area contributed by atoms with Gasteiger partial charge in [-0.3, -0.25) is 9.52 Å². The summed E-state index contributed by atoms with van der Waals surface area (Å²) in [5.74, 6) is 0.814. The number of anilines is 3. The molecule has 1 aromatic heterocycles. The van der Waals surface area contributed by atoms with E-state index in [-0.39, 0.29) is 11.7 Å². The van der Waals surface area contributed by atoms with Crippen molar-refractivity contribution >= 4 is 44.0 Å². The average Bonchev–Trinajstić information content (AvgIpc) is 3.52. The van der Waals surface area contributed by atoms with Crippen molar-refractivity contribution in [3.63, 3.8) is 0 Å². The molecule has 9 nitrogen and oxygen atoms in total. The van der Waals surface area contributed by atoms with Gasteiger partial charge in [0.15, 0.2) is 0 Å². The zero-order valence-corrected chi connectivity index (χ0v) is 22.6. The Kier molecular flexibility index (Phi) is 6.34. The number of carbonyl (C=O) groups is 1. The van der Waals surface area contributed by atoms with E-state index in [1.807, 2.05) is 12.1 Å². The number of carbonyl (C=O) groups excluding carboxylic acids is 1. The number of aliphatic hydroxyl groups excluding tert-OH is 1. The predicted octanol–water partition coefficient (Wildman–Crippen LogP) is 4.30. The van der Waals surface area contributed by atoms with Crippen molar-refractivity contribution < 1.29 is 18.3 Å². The Hall–Kier alpha value is -3.11. The van der Waals surface area contributed by atoms with Crippen LogP contribution in [0.4, 0.5) is 17.1 Å². The standard InChI is InChI=1S/C28H35N5O4S/c1-19-4-3-13-33-23-6-2-5-22(25(23)30-26(19)33)29-27(35)21-8-7-20(31-38(36,37)17-16-34)18-24(21)32-14-11-28(9-10-28)12-15-32/h2,5-8,18-19,31,34H,3-4,9-17H2,1H3,(H,29,35). The summed E-state index contributed by atoms with van der Waals surface area (Å²) in [5.41, 5.74) is 4.57. The summed E-state index contributed by atoms with van der Waals surface area (Å²) < 4.78 is 29.4. The molecular weight excluding hydrogens is 502 g/mol. The highest BCUT2D eigenvalue weighted by Gasteiger charge is 2.44. The fourth-order valence-corrected chi connectivity index (χ4v) is 6.88. The summed E-state index contributed by atoms with van der Waals surface area (Å²) in [6.45, 7) is 4.32. The van der Waals surface area contributed by atoms with Crippen LogP contribution in [-0.2, 0) is 16.6 Å². The van der Waals surface area contributed by atoms with Gasteiger partial charge in [0.1, 0.15) is 11.3 Å². The zero-order valence-electron chi connectivity index (χ0n) is 21.7. The lowest BCUT2D eigenvalue weighted by Crippen LogP contribution is -2.35. The van der Waals surface area contributed by atoms with Gasteiger partial charge in [0.2, 0.25) is 10.0 Å². The van der Waals surface area contributed by atoms with Gasteiger partial charge in [0.25, 0.3) is 5.91 Å². The molecule has 0 bridgehead atoms. The molecule has 1 aliphatic carbocycles. The van der Waals surface area contributed by atoms with Crippen LogP contribution in [0.2, 0.25) is 0 Å². The number of para-hydroxylation sites is 1. The quantitative estimate of drug-likeness (QED) is 0.414. The number of amides is 1. The maximum Gasteiger partial charge on any atom is 0.257 e. The second-order valence-corrected chi connectivity index (χ2v) is 13.0. The average molecular weight is 538 g/mol. The van der Waals surface area contributed by atoms with Crippen LogP contribution < -0.4 is 14.9 Å². The number of nitrogens with one attached hydrogen (secondary N) is 2. The van der Waals surface area contributed by atoms with Crippen LogP contribution in [0.5, 0.6) is 0 Å². The highest BCUT2D eigenvalue weighted by Crippen LogP contribution is 2.54. The number of hydrogen-bond donors (Lipinski definition) is 3. The van der Waals surface area contributed by atoms with E-state index in [9.17, 15) is 13.2 Å². The number of rotatable bonds is 7. The van der Waals surface area contributed by atoms with E-state index in [0.29, 0.717) is 34.0 Å². The summed E-state index contributed by atoms with van der Waals surface area (Å²) in [5, 5.41) is 12.2. The van der Waals surface area contributed by atoms with Gasteiger partial charge in [0.05, 0.1) is 40.5 Å². The molecule has 0 radical (unpaired) electrons. The van der Waals surface area contributed by atoms with Crippen molar-refractivity contribution in [1.29, 1.82) is 0 Å². The molecule has 1 atom stereocenters. The normalized spacial score (nSPS) is 20.4. The summed E-state index contributed by atoms with van der Waals surface area (Å²) in [7, 11) is -3.68. The minimum Gasteiger partial charge on any atom is -0.395 e. The van der Waals surface area contributed by atoms with Crippen molar-refractivity contribution in [2.24, 2.45) is 5.41 Å². The molecule has 3 N–H and O–H groups in total. The maximum atomic E-state index is 13.7. The van der Waals surface area contributed by atoms with Gasteiger partial charge in [-0.1, -0.05) is 13.0 Å².